The molecule has 39 heavy (non-hydrogen) atoms. The average Bonchev–Trinajstić information content (AvgIpc) is 2.84. The van der Waals surface area contributed by atoms with Crippen molar-refractivity contribution in [1.82, 2.24) is 10.6 Å². The second-order valence-corrected chi connectivity index (χ2v) is 10.5. The highest BCUT2D eigenvalue weighted by Crippen LogP contribution is 2.26. The van der Waals surface area contributed by atoms with E-state index in [1.165, 1.54) is 12.1 Å². The van der Waals surface area contributed by atoms with Crippen molar-refractivity contribution >= 4 is 23.0 Å². The van der Waals surface area contributed by atoms with Gasteiger partial charge < -0.3 is 44.6 Å². The summed E-state index contributed by atoms with van der Waals surface area (Å²) in [5, 5.41) is 35.6. The van der Waals surface area contributed by atoms with Gasteiger partial charge in [-0.1, -0.05) is 12.8 Å². The molecule has 0 saturated carbocycles. The summed E-state index contributed by atoms with van der Waals surface area (Å²) in [6.07, 6.45) is -2.44. The van der Waals surface area contributed by atoms with Crippen molar-refractivity contribution in [2.24, 2.45) is 0 Å². The monoisotopic (exact) mass is 550 g/mol. The molecule has 1 aromatic heterocycles. The number of aliphatic hydroxyl groups excluding tert-OH is 3. The first kappa shape index (κ1) is 30.4. The Morgan fingerprint density at radius 1 is 1.00 bits per heavy atom. The van der Waals surface area contributed by atoms with Gasteiger partial charge in [0.25, 0.3) is 0 Å². The highest BCUT2D eigenvalue weighted by Gasteiger charge is 2.39. The fourth-order valence-corrected chi connectivity index (χ4v) is 4.02. The maximum absolute atomic E-state index is 12.5. The van der Waals surface area contributed by atoms with E-state index in [1.807, 2.05) is 20.8 Å². The van der Waals surface area contributed by atoms with Crippen LogP contribution in [0.15, 0.2) is 33.5 Å². The fraction of sp³-hybridized carbons (Fsp3) is 0.593. The van der Waals surface area contributed by atoms with E-state index in [1.54, 1.807) is 12.1 Å². The Morgan fingerprint density at radius 3 is 2.38 bits per heavy atom. The molecule has 0 bridgehead atoms. The number of fused-ring (bicyclic) bond motifs is 1. The van der Waals surface area contributed by atoms with Gasteiger partial charge in [-0.3, -0.25) is 4.79 Å². The number of carbonyl (C=O) groups is 2. The Hall–Kier alpha value is -3.19. The first-order chi connectivity index (χ1) is 18.4. The van der Waals surface area contributed by atoms with Crippen LogP contribution >= 0.6 is 0 Å². The Balaban J connectivity index is 1.44. The summed E-state index contributed by atoms with van der Waals surface area (Å²) >= 11 is 0. The zero-order valence-electron chi connectivity index (χ0n) is 22.5. The minimum Gasteiger partial charge on any atom is -0.462 e. The number of unbranched alkanes of at least 4 members (excludes halogenated alkanes) is 3. The molecule has 4 unspecified atom stereocenters. The van der Waals surface area contributed by atoms with Gasteiger partial charge in [0.15, 0.2) is 0 Å². The molecule has 1 aromatic carbocycles. The van der Waals surface area contributed by atoms with Crippen LogP contribution in [0.25, 0.3) is 11.0 Å². The third-order valence-corrected chi connectivity index (χ3v) is 5.95. The van der Waals surface area contributed by atoms with E-state index in [4.69, 9.17) is 18.6 Å². The molecule has 216 valence electrons. The maximum Gasteiger partial charge on any atom is 0.407 e. The first-order valence-corrected chi connectivity index (χ1v) is 13.1. The van der Waals surface area contributed by atoms with Crippen molar-refractivity contribution in [2.45, 2.75) is 83.1 Å². The largest absolute Gasteiger partial charge is 0.462 e. The highest BCUT2D eigenvalue weighted by molar-refractivity contribution is 5.87. The molecule has 12 heteroatoms. The van der Waals surface area contributed by atoms with Gasteiger partial charge in [-0.25, -0.2) is 9.59 Å². The summed E-state index contributed by atoms with van der Waals surface area (Å²) < 4.78 is 21.3. The molecule has 5 N–H and O–H groups in total. The van der Waals surface area contributed by atoms with Crippen molar-refractivity contribution in [2.75, 3.05) is 19.7 Å². The first-order valence-electron chi connectivity index (χ1n) is 13.1. The lowest BCUT2D eigenvalue weighted by Crippen LogP contribution is -2.54. The predicted octanol–water partition coefficient (Wildman–Crippen LogP) is 1.35. The number of alkyl carbamates (subject to hydrolysis) is 1. The van der Waals surface area contributed by atoms with Crippen LogP contribution in [0.2, 0.25) is 0 Å². The van der Waals surface area contributed by atoms with Gasteiger partial charge in [0.05, 0.1) is 13.0 Å². The summed E-state index contributed by atoms with van der Waals surface area (Å²) in [6.45, 7) is 6.23. The van der Waals surface area contributed by atoms with Crippen LogP contribution in [-0.4, -0.2) is 77.2 Å². The molecule has 1 saturated heterocycles. The van der Waals surface area contributed by atoms with Crippen LogP contribution in [0.3, 0.4) is 0 Å². The van der Waals surface area contributed by atoms with Crippen molar-refractivity contribution < 1.29 is 43.5 Å². The van der Waals surface area contributed by atoms with Crippen LogP contribution in [0.4, 0.5) is 4.79 Å². The average molecular weight is 551 g/mol. The number of hydrogen-bond donors (Lipinski definition) is 5. The number of ether oxygens (including phenoxy) is 3. The van der Waals surface area contributed by atoms with Gasteiger partial charge in [0, 0.05) is 30.6 Å². The Kier molecular flexibility index (Phi) is 10.7. The fourth-order valence-electron chi connectivity index (χ4n) is 4.02. The second-order valence-electron chi connectivity index (χ2n) is 10.5. The summed E-state index contributed by atoms with van der Waals surface area (Å²) in [5.74, 6) is -0.0266. The van der Waals surface area contributed by atoms with E-state index >= 15 is 0 Å². The van der Waals surface area contributed by atoms with Crippen molar-refractivity contribution in [3.63, 3.8) is 0 Å². The molecule has 0 aliphatic carbocycles. The van der Waals surface area contributed by atoms with E-state index < -0.39 is 41.9 Å². The molecule has 1 aliphatic rings. The molecule has 3 rings (SSSR count). The van der Waals surface area contributed by atoms with Gasteiger partial charge in [-0.05, 0) is 51.3 Å². The van der Waals surface area contributed by atoms with Crippen LogP contribution in [0, 0.1) is 0 Å². The quantitative estimate of drug-likeness (QED) is 0.203. The predicted molar refractivity (Wildman–Crippen MR) is 140 cm³/mol. The van der Waals surface area contributed by atoms with Gasteiger partial charge in [0.1, 0.15) is 35.2 Å². The minimum absolute atomic E-state index is 0.0172. The summed E-state index contributed by atoms with van der Waals surface area (Å²) in [4.78, 5) is 36.2. The van der Waals surface area contributed by atoms with Crippen molar-refractivity contribution in [3.8, 4) is 5.75 Å². The van der Waals surface area contributed by atoms with Gasteiger partial charge in [-0.2, -0.15) is 0 Å². The number of carbonyl (C=O) groups excluding carboxylic acids is 2. The van der Waals surface area contributed by atoms with Crippen LogP contribution in [0.5, 0.6) is 5.75 Å². The zero-order valence-corrected chi connectivity index (χ0v) is 22.5. The molecular weight excluding hydrogens is 512 g/mol. The van der Waals surface area contributed by atoms with E-state index in [9.17, 15) is 29.7 Å². The molecule has 2 heterocycles. The third kappa shape index (κ3) is 9.50. The molecular formula is C27H38N2O10. The van der Waals surface area contributed by atoms with Crippen molar-refractivity contribution in [3.05, 3.63) is 40.2 Å². The maximum atomic E-state index is 12.5. The van der Waals surface area contributed by atoms with E-state index in [-0.39, 0.29) is 30.3 Å². The highest BCUT2D eigenvalue weighted by atomic mass is 16.7. The summed E-state index contributed by atoms with van der Waals surface area (Å²) in [6, 6.07) is 5.89. The Bertz CT molecular complexity index is 1180. The van der Waals surface area contributed by atoms with Crippen LogP contribution in [0.1, 0.15) is 52.0 Å². The lowest BCUT2D eigenvalue weighted by Gasteiger charge is -2.34. The van der Waals surface area contributed by atoms with E-state index in [0.717, 1.165) is 25.7 Å². The van der Waals surface area contributed by atoms with Crippen LogP contribution < -0.4 is 21.0 Å². The molecule has 12 nitrogen and oxygen atoms in total. The lowest BCUT2D eigenvalue weighted by molar-refractivity contribution is -0.242. The smallest absolute Gasteiger partial charge is 0.407 e. The number of aliphatic hydroxyl groups is 3. The SMILES string of the molecule is CC(C)(C)OC(=O)NCCCCCCNC(=O)Cc1cc(=O)oc2cc(OC3OCC(O)C(O)C3O)ccc12. The molecule has 4 atom stereocenters. The molecule has 0 spiro atoms. The van der Waals surface area contributed by atoms with E-state index in [0.29, 0.717) is 24.0 Å². The van der Waals surface area contributed by atoms with Crippen molar-refractivity contribution in [1.29, 1.82) is 0 Å². The second kappa shape index (κ2) is 13.7. The van der Waals surface area contributed by atoms with Crippen LogP contribution in [-0.2, 0) is 20.7 Å². The number of amides is 2. The topological polar surface area (TPSA) is 177 Å². The van der Waals surface area contributed by atoms with Gasteiger partial charge in [-0.15, -0.1) is 0 Å². The lowest BCUT2D eigenvalue weighted by atomic mass is 10.1. The standard InChI is InChI=1S/C27H38N2O10/c1-27(2,3)39-26(35)29-11-7-5-4-6-10-28-21(31)12-16-13-22(32)38-20-14-17(8-9-18(16)20)37-25-24(34)23(33)19(30)15-36-25/h8-9,13-14,19,23-25,30,33-34H,4-7,10-12,15H2,1-3H3,(H,28,31)(H,29,35). The van der Waals surface area contributed by atoms with Gasteiger partial charge in [0.2, 0.25) is 12.2 Å². The summed E-state index contributed by atoms with van der Waals surface area (Å²) in [5.41, 5.74) is -0.476. The molecule has 2 amide bonds. The number of rotatable bonds is 11. The molecule has 1 fully saturated rings. The summed E-state index contributed by atoms with van der Waals surface area (Å²) in [7, 11) is 0. The number of hydrogen-bond acceptors (Lipinski definition) is 10. The number of benzene rings is 1. The molecule has 2 aromatic rings. The normalized spacial score (nSPS) is 21.4. The zero-order chi connectivity index (χ0) is 28.6. The minimum atomic E-state index is -1.47. The van der Waals surface area contributed by atoms with E-state index in [2.05, 4.69) is 10.6 Å². The van der Waals surface area contributed by atoms with Gasteiger partial charge >= 0.3 is 11.7 Å². The Labute approximate surface area is 226 Å². The third-order valence-electron chi connectivity index (χ3n) is 5.95. The molecule has 1 aliphatic heterocycles. The number of nitrogens with one attached hydrogen (secondary N) is 2. The molecule has 0 radical (unpaired) electrons. The Morgan fingerprint density at radius 2 is 1.69 bits per heavy atom.